The molecule has 0 heterocycles. The number of carboxylic acid groups (broad SMARTS) is 1. The Labute approximate surface area is 92.9 Å². The molecule has 1 spiro atoms. The van der Waals surface area contributed by atoms with Gasteiger partial charge in [-0.2, -0.15) is 0 Å². The van der Waals surface area contributed by atoms with Gasteiger partial charge in [0.1, 0.15) is 0 Å². The largest absolute Gasteiger partial charge is 0.481 e. The molecular weight excluding hydrogens is 212 g/mol. The Morgan fingerprint density at radius 2 is 2.33 bits per heavy atom. The van der Waals surface area contributed by atoms with Crippen LogP contribution in [0.2, 0.25) is 5.02 Å². The fourth-order valence-electron chi connectivity index (χ4n) is 2.93. The number of carboxylic acids is 1. The van der Waals surface area contributed by atoms with Crippen LogP contribution in [0.25, 0.3) is 0 Å². The van der Waals surface area contributed by atoms with Crippen LogP contribution >= 0.6 is 11.6 Å². The third-order valence-corrected chi connectivity index (χ3v) is 4.06. The van der Waals surface area contributed by atoms with Gasteiger partial charge in [-0.05, 0) is 42.5 Å². The zero-order chi connectivity index (χ0) is 10.6. The highest BCUT2D eigenvalue weighted by Gasteiger charge is 2.61. The van der Waals surface area contributed by atoms with Crippen molar-refractivity contribution in [3.63, 3.8) is 0 Å². The average Bonchev–Trinajstić information content (AvgIpc) is 2.81. The zero-order valence-electron chi connectivity index (χ0n) is 8.16. The Morgan fingerprint density at radius 3 is 3.00 bits per heavy atom. The minimum absolute atomic E-state index is 0.0773. The van der Waals surface area contributed by atoms with Crippen molar-refractivity contribution in [3.8, 4) is 0 Å². The summed E-state index contributed by atoms with van der Waals surface area (Å²) in [4.78, 5) is 11.0. The van der Waals surface area contributed by atoms with E-state index in [0.717, 1.165) is 19.3 Å². The Bertz CT molecular complexity index is 455. The first-order valence-electron chi connectivity index (χ1n) is 5.15. The lowest BCUT2D eigenvalue weighted by molar-refractivity contribution is -0.139. The van der Waals surface area contributed by atoms with Crippen LogP contribution in [0.3, 0.4) is 0 Å². The highest BCUT2D eigenvalue weighted by atomic mass is 35.5. The van der Waals surface area contributed by atoms with Gasteiger partial charge in [0.15, 0.2) is 0 Å². The zero-order valence-corrected chi connectivity index (χ0v) is 8.92. The lowest BCUT2D eigenvalue weighted by atomic mass is 9.95. The molecule has 0 radical (unpaired) electrons. The van der Waals surface area contributed by atoms with Gasteiger partial charge in [0.2, 0.25) is 0 Å². The maximum absolute atomic E-state index is 11.0. The van der Waals surface area contributed by atoms with Crippen LogP contribution in [0, 0.1) is 5.92 Å². The van der Waals surface area contributed by atoms with E-state index in [1.54, 1.807) is 0 Å². The quantitative estimate of drug-likeness (QED) is 0.793. The molecule has 0 saturated heterocycles. The molecule has 2 nitrogen and oxygen atoms in total. The van der Waals surface area contributed by atoms with Crippen LogP contribution in [0.15, 0.2) is 18.2 Å². The molecule has 2 aliphatic rings. The standard InChI is InChI=1S/C12H11ClO2/c13-8-2-1-7-3-4-12(9(7)5-8)6-10(12)11(14)15/h1-2,5,10H,3-4,6H2,(H,14,15)/t10-,12-/m1/s1. The van der Waals surface area contributed by atoms with Crippen LogP contribution in [-0.4, -0.2) is 11.1 Å². The number of fused-ring (bicyclic) bond motifs is 2. The summed E-state index contributed by atoms with van der Waals surface area (Å²) < 4.78 is 0. The lowest BCUT2D eigenvalue weighted by Crippen LogP contribution is -2.11. The van der Waals surface area contributed by atoms with E-state index in [-0.39, 0.29) is 11.3 Å². The first kappa shape index (κ1) is 9.22. The molecule has 1 aromatic rings. The number of hydrogen-bond donors (Lipinski definition) is 1. The third-order valence-electron chi connectivity index (χ3n) is 3.82. The molecule has 1 aromatic carbocycles. The summed E-state index contributed by atoms with van der Waals surface area (Å²) >= 11 is 5.96. The average molecular weight is 223 g/mol. The topological polar surface area (TPSA) is 37.3 Å². The molecular formula is C12H11ClO2. The minimum atomic E-state index is -0.664. The third kappa shape index (κ3) is 1.14. The van der Waals surface area contributed by atoms with Gasteiger partial charge in [-0.3, -0.25) is 4.79 Å². The lowest BCUT2D eigenvalue weighted by Gasteiger charge is -2.09. The highest BCUT2D eigenvalue weighted by Crippen LogP contribution is 2.61. The molecule has 1 saturated carbocycles. The van der Waals surface area contributed by atoms with Crippen LogP contribution < -0.4 is 0 Å². The second-order valence-corrected chi connectivity index (χ2v) is 4.99. The fraction of sp³-hybridized carbons (Fsp3) is 0.417. The van der Waals surface area contributed by atoms with Gasteiger partial charge in [-0.15, -0.1) is 0 Å². The Morgan fingerprint density at radius 1 is 1.53 bits per heavy atom. The summed E-state index contributed by atoms with van der Waals surface area (Å²) in [7, 11) is 0. The fourth-order valence-corrected chi connectivity index (χ4v) is 3.10. The van der Waals surface area contributed by atoms with Gasteiger partial charge in [-0.1, -0.05) is 17.7 Å². The number of benzene rings is 1. The SMILES string of the molecule is O=C(O)[C@H]1C[C@@]12CCc1ccc(Cl)cc12. The van der Waals surface area contributed by atoms with Crippen molar-refractivity contribution < 1.29 is 9.90 Å². The molecule has 1 fully saturated rings. The number of carbonyl (C=O) groups is 1. The molecule has 0 bridgehead atoms. The van der Waals surface area contributed by atoms with E-state index in [9.17, 15) is 4.79 Å². The summed E-state index contributed by atoms with van der Waals surface area (Å²) in [6, 6.07) is 5.87. The number of halogens is 1. The first-order valence-corrected chi connectivity index (χ1v) is 5.53. The highest BCUT2D eigenvalue weighted by molar-refractivity contribution is 6.30. The molecule has 15 heavy (non-hydrogen) atoms. The van der Waals surface area contributed by atoms with Gasteiger partial charge in [-0.25, -0.2) is 0 Å². The van der Waals surface area contributed by atoms with Gasteiger partial charge < -0.3 is 5.11 Å². The number of aryl methyl sites for hydroxylation is 1. The van der Waals surface area contributed by atoms with E-state index in [2.05, 4.69) is 0 Å². The van der Waals surface area contributed by atoms with E-state index < -0.39 is 5.97 Å². The number of rotatable bonds is 1. The van der Waals surface area contributed by atoms with Gasteiger partial charge in [0, 0.05) is 10.4 Å². The molecule has 0 amide bonds. The van der Waals surface area contributed by atoms with Crippen molar-refractivity contribution >= 4 is 17.6 Å². The van der Waals surface area contributed by atoms with Crippen LogP contribution in [0.1, 0.15) is 24.0 Å². The van der Waals surface area contributed by atoms with Crippen LogP contribution in [-0.2, 0) is 16.6 Å². The Kier molecular flexibility index (Phi) is 1.70. The maximum Gasteiger partial charge on any atom is 0.307 e. The summed E-state index contributed by atoms with van der Waals surface area (Å²) in [5.74, 6) is -0.847. The number of hydrogen-bond acceptors (Lipinski definition) is 1. The smallest absolute Gasteiger partial charge is 0.307 e. The Balaban J connectivity index is 2.06. The Hall–Kier alpha value is -1.02. The van der Waals surface area contributed by atoms with Crippen molar-refractivity contribution in [3.05, 3.63) is 34.3 Å². The van der Waals surface area contributed by atoms with Gasteiger partial charge in [0.25, 0.3) is 0 Å². The molecule has 0 aliphatic heterocycles. The van der Waals surface area contributed by atoms with Crippen molar-refractivity contribution in [2.24, 2.45) is 5.92 Å². The molecule has 0 unspecified atom stereocenters. The molecule has 2 aliphatic carbocycles. The molecule has 3 heteroatoms. The second-order valence-electron chi connectivity index (χ2n) is 4.55. The normalized spacial score (nSPS) is 31.7. The van der Waals surface area contributed by atoms with E-state index in [1.165, 1.54) is 11.1 Å². The van der Waals surface area contributed by atoms with Gasteiger partial charge in [0.05, 0.1) is 5.92 Å². The number of aliphatic carboxylic acids is 1. The second kappa shape index (κ2) is 2.76. The van der Waals surface area contributed by atoms with Gasteiger partial charge >= 0.3 is 5.97 Å². The van der Waals surface area contributed by atoms with E-state index in [0.29, 0.717) is 5.02 Å². The first-order chi connectivity index (χ1) is 7.13. The van der Waals surface area contributed by atoms with Crippen LogP contribution in [0.4, 0.5) is 0 Å². The van der Waals surface area contributed by atoms with Crippen molar-refractivity contribution in [1.29, 1.82) is 0 Å². The summed E-state index contributed by atoms with van der Waals surface area (Å²) in [5, 5.41) is 9.75. The summed E-state index contributed by atoms with van der Waals surface area (Å²) in [5.41, 5.74) is 2.39. The predicted octanol–water partition coefficient (Wildman–Crippen LogP) is 2.63. The summed E-state index contributed by atoms with van der Waals surface area (Å²) in [6.45, 7) is 0. The van der Waals surface area contributed by atoms with Crippen molar-refractivity contribution in [2.45, 2.75) is 24.7 Å². The van der Waals surface area contributed by atoms with E-state index in [4.69, 9.17) is 16.7 Å². The molecule has 0 aromatic heterocycles. The molecule has 2 atom stereocenters. The molecule has 1 N–H and O–H groups in total. The maximum atomic E-state index is 11.0. The van der Waals surface area contributed by atoms with E-state index in [1.807, 2.05) is 18.2 Å². The van der Waals surface area contributed by atoms with E-state index >= 15 is 0 Å². The van der Waals surface area contributed by atoms with Crippen LogP contribution in [0.5, 0.6) is 0 Å². The summed E-state index contributed by atoms with van der Waals surface area (Å²) in [6.07, 6.45) is 2.76. The predicted molar refractivity (Wildman–Crippen MR) is 57.2 cm³/mol. The molecule has 3 rings (SSSR count). The van der Waals surface area contributed by atoms with Crippen molar-refractivity contribution in [1.82, 2.24) is 0 Å². The monoisotopic (exact) mass is 222 g/mol. The van der Waals surface area contributed by atoms with Crippen molar-refractivity contribution in [2.75, 3.05) is 0 Å². The minimum Gasteiger partial charge on any atom is -0.481 e. The molecule has 78 valence electrons.